The lowest BCUT2D eigenvalue weighted by Gasteiger charge is -2.31. The summed E-state index contributed by atoms with van der Waals surface area (Å²) >= 11 is 0. The molecule has 6 heteroatoms. The van der Waals surface area contributed by atoms with Crippen LogP contribution in [0.3, 0.4) is 0 Å². The second-order valence-corrected chi connectivity index (χ2v) is 4.36. The molecule has 1 saturated heterocycles. The molecule has 90 valence electrons. The first-order valence-electron chi connectivity index (χ1n) is 5.65. The lowest BCUT2D eigenvalue weighted by atomic mass is 10.3. The fourth-order valence-electron chi connectivity index (χ4n) is 1.90. The molecule has 0 amide bonds. The molecule has 2 heterocycles. The molecule has 0 radical (unpaired) electrons. The van der Waals surface area contributed by atoms with Crippen LogP contribution in [0, 0.1) is 0 Å². The van der Waals surface area contributed by atoms with E-state index in [1.165, 1.54) is 18.6 Å². The Morgan fingerprint density at radius 2 is 2.35 bits per heavy atom. The van der Waals surface area contributed by atoms with Crippen molar-refractivity contribution in [3.63, 3.8) is 0 Å². The third kappa shape index (κ3) is 2.27. The summed E-state index contributed by atoms with van der Waals surface area (Å²) in [5, 5.41) is 1.66. The third-order valence-corrected chi connectivity index (χ3v) is 3.01. The Labute approximate surface area is 98.5 Å². The Bertz CT molecular complexity index is 419. The predicted octanol–water partition coefficient (Wildman–Crippen LogP) is 0.413. The van der Waals surface area contributed by atoms with Crippen LogP contribution in [0.4, 0.5) is 0 Å². The molecule has 0 N–H and O–H groups in total. The highest BCUT2D eigenvalue weighted by Crippen LogP contribution is 2.41. The molecule has 1 spiro atoms. The van der Waals surface area contributed by atoms with Crippen molar-refractivity contribution in [2.45, 2.75) is 18.4 Å². The Hall–Kier alpha value is -1.53. The second kappa shape index (κ2) is 4.05. The summed E-state index contributed by atoms with van der Waals surface area (Å²) in [6.45, 7) is 1.86. The van der Waals surface area contributed by atoms with Crippen molar-refractivity contribution < 1.29 is 14.4 Å². The number of morpholine rings is 1. The molecule has 1 aromatic rings. The zero-order valence-electron chi connectivity index (χ0n) is 9.33. The zero-order chi connectivity index (χ0) is 11.7. The van der Waals surface area contributed by atoms with Crippen molar-refractivity contribution in [3.05, 3.63) is 24.3 Å². The molecule has 0 bridgehead atoms. The Morgan fingerprint density at radius 3 is 3.06 bits per heavy atom. The van der Waals surface area contributed by atoms with Crippen LogP contribution in [0.2, 0.25) is 0 Å². The van der Waals surface area contributed by atoms with E-state index < -0.39 is 5.97 Å². The molecule has 17 heavy (non-hydrogen) atoms. The number of hydroxylamine groups is 2. The van der Waals surface area contributed by atoms with Gasteiger partial charge >= 0.3 is 5.97 Å². The molecule has 0 atom stereocenters. The second-order valence-electron chi connectivity index (χ2n) is 4.36. The number of aromatic nitrogens is 2. The van der Waals surface area contributed by atoms with E-state index in [4.69, 9.17) is 9.57 Å². The van der Waals surface area contributed by atoms with Crippen molar-refractivity contribution >= 4 is 5.97 Å². The highest BCUT2D eigenvalue weighted by atomic mass is 16.7. The van der Waals surface area contributed by atoms with Crippen LogP contribution in [0.5, 0.6) is 0 Å². The van der Waals surface area contributed by atoms with Crippen molar-refractivity contribution in [3.8, 4) is 0 Å². The van der Waals surface area contributed by atoms with Crippen LogP contribution in [-0.4, -0.2) is 46.3 Å². The highest BCUT2D eigenvalue weighted by molar-refractivity contribution is 5.86. The molecule has 0 aromatic carbocycles. The Balaban J connectivity index is 1.61. The maximum atomic E-state index is 11.7. The van der Waals surface area contributed by atoms with Gasteiger partial charge in [-0.25, -0.2) is 9.78 Å². The average Bonchev–Trinajstić information content (AvgIpc) is 3.09. The van der Waals surface area contributed by atoms with Gasteiger partial charge in [-0.05, 0) is 12.8 Å². The van der Waals surface area contributed by atoms with Gasteiger partial charge < -0.3 is 9.57 Å². The van der Waals surface area contributed by atoms with Crippen LogP contribution < -0.4 is 0 Å². The van der Waals surface area contributed by atoms with Crippen LogP contribution in [0.15, 0.2) is 18.6 Å². The molecule has 1 aromatic heterocycles. The van der Waals surface area contributed by atoms with Crippen molar-refractivity contribution in [2.24, 2.45) is 0 Å². The van der Waals surface area contributed by atoms with Gasteiger partial charge in [-0.3, -0.25) is 4.98 Å². The van der Waals surface area contributed by atoms with Gasteiger partial charge in [0.15, 0.2) is 5.69 Å². The van der Waals surface area contributed by atoms with Crippen molar-refractivity contribution in [2.75, 3.05) is 19.7 Å². The number of carbonyl (C=O) groups is 1. The molecule has 1 aliphatic carbocycles. The summed E-state index contributed by atoms with van der Waals surface area (Å²) < 4.78 is 5.63. The quantitative estimate of drug-likeness (QED) is 0.740. The highest BCUT2D eigenvalue weighted by Gasteiger charge is 2.48. The van der Waals surface area contributed by atoms with Gasteiger partial charge in [0.1, 0.15) is 0 Å². The molecular formula is C11H13N3O3. The predicted molar refractivity (Wildman–Crippen MR) is 56.9 cm³/mol. The van der Waals surface area contributed by atoms with Gasteiger partial charge in [0.25, 0.3) is 0 Å². The van der Waals surface area contributed by atoms with Gasteiger partial charge in [0.05, 0.1) is 31.5 Å². The molecule has 1 aliphatic heterocycles. The minimum absolute atomic E-state index is 0.0547. The van der Waals surface area contributed by atoms with Gasteiger partial charge in [0, 0.05) is 12.4 Å². The van der Waals surface area contributed by atoms with E-state index in [9.17, 15) is 4.79 Å². The van der Waals surface area contributed by atoms with Gasteiger partial charge in [0.2, 0.25) is 0 Å². The standard InChI is InChI=1S/C11H13N3O3/c15-10(9-7-12-3-4-13-9)17-14-5-6-16-11(8-14)1-2-11/h3-4,7H,1-2,5-6,8H2. The van der Waals surface area contributed by atoms with Gasteiger partial charge in [-0.1, -0.05) is 0 Å². The van der Waals surface area contributed by atoms with Gasteiger partial charge in [-0.15, -0.1) is 5.06 Å². The normalized spacial score (nSPS) is 22.4. The SMILES string of the molecule is O=C(ON1CCOC2(CC2)C1)c1cnccn1. The van der Waals surface area contributed by atoms with Crippen molar-refractivity contribution in [1.82, 2.24) is 15.0 Å². The molecule has 1 saturated carbocycles. The van der Waals surface area contributed by atoms with E-state index in [2.05, 4.69) is 9.97 Å². The van der Waals surface area contributed by atoms with Crippen LogP contribution in [0.25, 0.3) is 0 Å². The first-order chi connectivity index (χ1) is 8.27. The minimum Gasteiger partial charge on any atom is -0.372 e. The Morgan fingerprint density at radius 1 is 1.47 bits per heavy atom. The minimum atomic E-state index is -0.462. The molecule has 0 unspecified atom stereocenters. The van der Waals surface area contributed by atoms with E-state index in [1.54, 1.807) is 5.06 Å². The largest absolute Gasteiger partial charge is 0.377 e. The monoisotopic (exact) mass is 235 g/mol. The maximum absolute atomic E-state index is 11.7. The van der Waals surface area contributed by atoms with E-state index in [0.29, 0.717) is 19.7 Å². The van der Waals surface area contributed by atoms with Crippen molar-refractivity contribution in [1.29, 1.82) is 0 Å². The summed E-state index contributed by atoms with van der Waals surface area (Å²) in [5.41, 5.74) is 0.171. The third-order valence-electron chi connectivity index (χ3n) is 3.01. The lowest BCUT2D eigenvalue weighted by molar-refractivity contribution is -0.181. The van der Waals surface area contributed by atoms with Crippen LogP contribution in [0.1, 0.15) is 23.3 Å². The number of hydrogen-bond acceptors (Lipinski definition) is 6. The van der Waals surface area contributed by atoms with Crippen LogP contribution in [-0.2, 0) is 9.57 Å². The summed E-state index contributed by atoms with van der Waals surface area (Å²) in [5.74, 6) is -0.462. The van der Waals surface area contributed by atoms with E-state index in [-0.39, 0.29) is 11.3 Å². The van der Waals surface area contributed by atoms with Crippen LogP contribution >= 0.6 is 0 Å². The number of ether oxygens (including phenoxy) is 1. The number of rotatable bonds is 2. The van der Waals surface area contributed by atoms with E-state index in [0.717, 1.165) is 12.8 Å². The topological polar surface area (TPSA) is 64.5 Å². The molecule has 2 fully saturated rings. The number of carbonyl (C=O) groups excluding carboxylic acids is 1. The summed E-state index contributed by atoms with van der Waals surface area (Å²) in [7, 11) is 0. The number of nitrogens with zero attached hydrogens (tertiary/aromatic N) is 3. The zero-order valence-corrected chi connectivity index (χ0v) is 9.33. The smallest absolute Gasteiger partial charge is 0.372 e. The molecular weight excluding hydrogens is 222 g/mol. The fourth-order valence-corrected chi connectivity index (χ4v) is 1.90. The van der Waals surface area contributed by atoms with E-state index >= 15 is 0 Å². The molecule has 3 rings (SSSR count). The van der Waals surface area contributed by atoms with Gasteiger partial charge in [-0.2, -0.15) is 0 Å². The average molecular weight is 235 g/mol. The fraction of sp³-hybridized carbons (Fsp3) is 0.545. The Kier molecular flexibility index (Phi) is 2.53. The molecule has 6 nitrogen and oxygen atoms in total. The van der Waals surface area contributed by atoms with E-state index in [1.807, 2.05) is 0 Å². The number of hydrogen-bond donors (Lipinski definition) is 0. The first kappa shape index (κ1) is 10.6. The first-order valence-corrected chi connectivity index (χ1v) is 5.65. The summed E-state index contributed by atoms with van der Waals surface area (Å²) in [6.07, 6.45) is 6.48. The lowest BCUT2D eigenvalue weighted by Crippen LogP contribution is -2.44. The maximum Gasteiger partial charge on any atom is 0.377 e. The summed E-state index contributed by atoms with van der Waals surface area (Å²) in [6, 6.07) is 0. The summed E-state index contributed by atoms with van der Waals surface area (Å²) in [4.78, 5) is 24.7. The molecule has 2 aliphatic rings.